The van der Waals surface area contributed by atoms with E-state index in [1.54, 1.807) is 20.1 Å². The van der Waals surface area contributed by atoms with E-state index in [2.05, 4.69) is 17.2 Å². The number of benzene rings is 1. The lowest BCUT2D eigenvalue weighted by Gasteiger charge is -2.26. The van der Waals surface area contributed by atoms with Crippen molar-refractivity contribution in [1.82, 2.24) is 10.3 Å². The number of pyridine rings is 1. The molecule has 0 bridgehead atoms. The Hall–Kier alpha value is -2.69. The van der Waals surface area contributed by atoms with Gasteiger partial charge in [-0.1, -0.05) is 37.3 Å². The van der Waals surface area contributed by atoms with Crippen LogP contribution in [0.5, 0.6) is 0 Å². The Balaban J connectivity index is 1.92. The molecule has 0 saturated heterocycles. The van der Waals surface area contributed by atoms with Crippen LogP contribution in [0.3, 0.4) is 0 Å². The average Bonchev–Trinajstić information content (AvgIpc) is 3.57. The van der Waals surface area contributed by atoms with Crippen LogP contribution in [-0.2, 0) is 21.2 Å². The van der Waals surface area contributed by atoms with Gasteiger partial charge in [0.2, 0.25) is 10.0 Å². The molecule has 3 rings (SSSR count). The molecule has 1 heterocycles. The number of anilines is 2. The quantitative estimate of drug-likeness (QED) is 0.418. The molecule has 198 valence electrons. The molecule has 0 aliphatic heterocycles. The Morgan fingerprint density at radius 1 is 1.22 bits per heavy atom. The molecule has 1 aromatic carbocycles. The van der Waals surface area contributed by atoms with E-state index in [1.807, 2.05) is 42.3 Å². The van der Waals surface area contributed by atoms with Crippen molar-refractivity contribution in [2.75, 3.05) is 49.3 Å². The number of methoxy groups -OCH3 is 1. The number of amides is 1. The Morgan fingerprint density at radius 2 is 1.86 bits per heavy atom. The molecular weight excluding hydrogens is 478 g/mol. The minimum atomic E-state index is -3.56. The van der Waals surface area contributed by atoms with Crippen LogP contribution in [0.4, 0.5) is 11.6 Å². The summed E-state index contributed by atoms with van der Waals surface area (Å²) in [5.74, 6) is 1.56. The van der Waals surface area contributed by atoms with Crippen LogP contribution >= 0.6 is 0 Å². The fourth-order valence-electron chi connectivity index (χ4n) is 4.16. The number of nitrogens with two attached hydrogens (primary N) is 1. The maximum absolute atomic E-state index is 13.5. The van der Waals surface area contributed by atoms with Gasteiger partial charge in [0.25, 0.3) is 5.91 Å². The van der Waals surface area contributed by atoms with Gasteiger partial charge < -0.3 is 20.7 Å². The SMILES string of the molecule is CCS(=O)(=O)N(C)c1cc(C(=O)N[C@@H](Cc2ccccc2)[C@@H](N)COC)cc(N(C)CC2CC2C)n1. The third kappa shape index (κ3) is 7.18. The Bertz CT molecular complexity index is 1130. The summed E-state index contributed by atoms with van der Waals surface area (Å²) in [7, 11) is 1.39. The zero-order valence-corrected chi connectivity index (χ0v) is 22.7. The summed E-state index contributed by atoms with van der Waals surface area (Å²) in [5.41, 5.74) is 7.73. The third-order valence-corrected chi connectivity index (χ3v) is 8.58. The Labute approximate surface area is 215 Å². The van der Waals surface area contributed by atoms with Gasteiger partial charge in [0.1, 0.15) is 11.6 Å². The predicted octanol–water partition coefficient (Wildman–Crippen LogP) is 2.27. The maximum Gasteiger partial charge on any atom is 0.251 e. The lowest BCUT2D eigenvalue weighted by atomic mass is 9.99. The summed E-state index contributed by atoms with van der Waals surface area (Å²) in [6.45, 7) is 4.86. The first kappa shape index (κ1) is 27.9. The largest absolute Gasteiger partial charge is 0.383 e. The second-order valence-corrected chi connectivity index (χ2v) is 12.0. The second-order valence-electron chi connectivity index (χ2n) is 9.68. The van der Waals surface area contributed by atoms with E-state index in [9.17, 15) is 13.2 Å². The van der Waals surface area contributed by atoms with Gasteiger partial charge in [0.15, 0.2) is 0 Å². The van der Waals surface area contributed by atoms with Crippen LogP contribution in [-0.4, -0.2) is 71.5 Å². The number of carbonyl (C=O) groups excluding carboxylic acids is 1. The van der Waals surface area contributed by atoms with Crippen LogP contribution < -0.4 is 20.3 Å². The van der Waals surface area contributed by atoms with Crippen molar-refractivity contribution in [3.8, 4) is 0 Å². The van der Waals surface area contributed by atoms with Crippen LogP contribution in [0.2, 0.25) is 0 Å². The van der Waals surface area contributed by atoms with Gasteiger partial charge in [-0.25, -0.2) is 13.4 Å². The van der Waals surface area contributed by atoms with E-state index < -0.39 is 16.1 Å². The number of nitrogens with zero attached hydrogens (tertiary/aromatic N) is 3. The Morgan fingerprint density at radius 3 is 2.44 bits per heavy atom. The van der Waals surface area contributed by atoms with E-state index in [1.165, 1.54) is 13.1 Å². The van der Waals surface area contributed by atoms with Crippen molar-refractivity contribution in [2.24, 2.45) is 17.6 Å². The van der Waals surface area contributed by atoms with Gasteiger partial charge in [-0.05, 0) is 49.3 Å². The van der Waals surface area contributed by atoms with E-state index in [4.69, 9.17) is 10.5 Å². The highest BCUT2D eigenvalue weighted by Gasteiger charge is 2.34. The van der Waals surface area contributed by atoms with E-state index >= 15 is 0 Å². The molecule has 9 nitrogen and oxygen atoms in total. The van der Waals surface area contributed by atoms with Gasteiger partial charge in [-0.3, -0.25) is 9.10 Å². The van der Waals surface area contributed by atoms with Crippen LogP contribution in [0.25, 0.3) is 0 Å². The fourth-order valence-corrected chi connectivity index (χ4v) is 4.93. The Kier molecular flexibility index (Phi) is 9.32. The van der Waals surface area contributed by atoms with Crippen LogP contribution in [0, 0.1) is 11.8 Å². The molecule has 1 aliphatic carbocycles. The van der Waals surface area contributed by atoms with Crippen molar-refractivity contribution in [2.45, 2.75) is 38.8 Å². The molecule has 4 atom stereocenters. The highest BCUT2D eigenvalue weighted by molar-refractivity contribution is 7.92. The van der Waals surface area contributed by atoms with Gasteiger partial charge >= 0.3 is 0 Å². The standard InChI is InChI=1S/C26H39N5O4S/c1-6-36(33,34)31(4)25-15-20(14-24(29-25)30(3)16-21-12-18(21)2)26(32)28-23(22(27)17-35-5)13-19-10-8-7-9-11-19/h7-11,14-15,18,21-23H,6,12-13,16-17,27H2,1-5H3,(H,28,32)/t18?,21?,22-,23-/m0/s1. The first-order chi connectivity index (χ1) is 17.1. The van der Waals surface area contributed by atoms with Gasteiger partial charge in [0.05, 0.1) is 18.4 Å². The van der Waals surface area contributed by atoms with Crippen molar-refractivity contribution in [3.63, 3.8) is 0 Å². The van der Waals surface area contributed by atoms with Crippen molar-refractivity contribution in [1.29, 1.82) is 0 Å². The predicted molar refractivity (Wildman–Crippen MR) is 144 cm³/mol. The van der Waals surface area contributed by atoms with Crippen molar-refractivity contribution >= 4 is 27.6 Å². The number of hydrogen-bond donors (Lipinski definition) is 2. The fraction of sp³-hybridized carbons (Fsp3) is 0.538. The van der Waals surface area contributed by atoms with Crippen LogP contribution in [0.1, 0.15) is 36.2 Å². The molecule has 2 unspecified atom stereocenters. The number of ether oxygens (including phenoxy) is 1. The number of nitrogens with one attached hydrogen (secondary N) is 1. The van der Waals surface area contributed by atoms with E-state index in [-0.39, 0.29) is 30.1 Å². The molecule has 3 N–H and O–H groups in total. The van der Waals surface area contributed by atoms with E-state index in [0.717, 1.165) is 22.8 Å². The zero-order chi connectivity index (χ0) is 26.5. The molecule has 1 amide bonds. The second kappa shape index (κ2) is 12.0. The summed E-state index contributed by atoms with van der Waals surface area (Å²) < 4.78 is 31.5. The molecule has 1 aliphatic rings. The first-order valence-corrected chi connectivity index (χ1v) is 14.0. The number of hydrogen-bond acceptors (Lipinski definition) is 7. The number of carbonyl (C=O) groups is 1. The number of aromatic nitrogens is 1. The molecule has 0 spiro atoms. The monoisotopic (exact) mass is 517 g/mol. The molecule has 1 saturated carbocycles. The highest BCUT2D eigenvalue weighted by atomic mass is 32.2. The molecular formula is C26H39N5O4S. The van der Waals surface area contributed by atoms with Crippen molar-refractivity contribution < 1.29 is 17.9 Å². The van der Waals surface area contributed by atoms with E-state index in [0.29, 0.717) is 29.6 Å². The molecule has 1 fully saturated rings. The van der Waals surface area contributed by atoms with Crippen molar-refractivity contribution in [3.05, 3.63) is 53.6 Å². The minimum Gasteiger partial charge on any atom is -0.383 e. The summed E-state index contributed by atoms with van der Waals surface area (Å²) >= 11 is 0. The topological polar surface area (TPSA) is 118 Å². The third-order valence-electron chi connectivity index (χ3n) is 6.83. The van der Waals surface area contributed by atoms with Crippen LogP contribution in [0.15, 0.2) is 42.5 Å². The molecule has 1 aromatic heterocycles. The van der Waals surface area contributed by atoms with Gasteiger partial charge in [0, 0.05) is 39.4 Å². The minimum absolute atomic E-state index is 0.0720. The summed E-state index contributed by atoms with van der Waals surface area (Å²) in [6.07, 6.45) is 1.69. The lowest BCUT2D eigenvalue weighted by molar-refractivity contribution is 0.0913. The first-order valence-electron chi connectivity index (χ1n) is 12.3. The molecule has 0 radical (unpaired) electrons. The summed E-state index contributed by atoms with van der Waals surface area (Å²) in [4.78, 5) is 20.1. The average molecular weight is 518 g/mol. The molecule has 10 heteroatoms. The smallest absolute Gasteiger partial charge is 0.251 e. The molecule has 2 aromatic rings. The zero-order valence-electron chi connectivity index (χ0n) is 21.8. The highest BCUT2D eigenvalue weighted by Crippen LogP contribution is 2.38. The molecule has 36 heavy (non-hydrogen) atoms. The summed E-state index contributed by atoms with van der Waals surface area (Å²) in [6, 6.07) is 12.2. The normalized spacial score (nSPS) is 18.8. The van der Waals surface area contributed by atoms with Gasteiger partial charge in [-0.2, -0.15) is 0 Å². The summed E-state index contributed by atoms with van der Waals surface area (Å²) in [5, 5.41) is 3.05. The number of rotatable bonds is 13. The van der Waals surface area contributed by atoms with Gasteiger partial charge in [-0.15, -0.1) is 0 Å². The lowest BCUT2D eigenvalue weighted by Crippen LogP contribution is -2.51. The maximum atomic E-state index is 13.5. The number of sulfonamides is 1.